The monoisotopic (exact) mass is 549 g/mol. The second kappa shape index (κ2) is 10.1. The number of amides is 2. The van der Waals surface area contributed by atoms with Crippen molar-refractivity contribution in [2.24, 2.45) is 5.16 Å². The largest absolute Gasteiger partial charge is 0.543 e. The number of nitrogen functional groups attached to an aromatic ring is 1. The zero-order valence-electron chi connectivity index (χ0n) is 19.3. The highest BCUT2D eigenvalue weighted by Gasteiger charge is 2.53. The number of aliphatic carboxylic acids is 1. The van der Waals surface area contributed by atoms with Crippen molar-refractivity contribution in [2.45, 2.75) is 50.6 Å². The van der Waals surface area contributed by atoms with E-state index in [0.29, 0.717) is 17.9 Å². The van der Waals surface area contributed by atoms with E-state index in [4.69, 9.17) is 10.6 Å². The summed E-state index contributed by atoms with van der Waals surface area (Å²) < 4.78 is 6.08. The fraction of sp³-hybridized carbons (Fsp3) is 0.476. The van der Waals surface area contributed by atoms with Crippen LogP contribution in [0.4, 0.5) is 5.13 Å². The van der Waals surface area contributed by atoms with E-state index in [1.165, 1.54) is 27.2 Å². The molecule has 2 aromatic rings. The normalized spacial score (nSPS) is 21.5. The first-order valence-corrected chi connectivity index (χ1v) is 14.1. The number of rotatable bonds is 8. The van der Waals surface area contributed by atoms with Gasteiger partial charge in [-0.15, -0.1) is 11.8 Å². The molecule has 1 saturated heterocycles. The van der Waals surface area contributed by atoms with Crippen LogP contribution >= 0.6 is 34.6 Å². The lowest BCUT2D eigenvalue weighted by Crippen LogP contribution is -2.71. The summed E-state index contributed by atoms with van der Waals surface area (Å²) in [6, 6.07) is -0.942. The van der Waals surface area contributed by atoms with Gasteiger partial charge in [-0.1, -0.05) is 16.5 Å². The molecule has 12 nitrogen and oxygen atoms in total. The number of anilines is 1. The zero-order chi connectivity index (χ0) is 25.4. The lowest BCUT2D eigenvalue weighted by Gasteiger charge is -2.50. The predicted octanol–water partition coefficient (Wildman–Crippen LogP) is -0.807. The molecule has 2 aliphatic heterocycles. The van der Waals surface area contributed by atoms with Crippen molar-refractivity contribution in [2.75, 3.05) is 18.1 Å². The molecule has 3 aliphatic rings. The van der Waals surface area contributed by atoms with Crippen LogP contribution in [0.25, 0.3) is 0 Å². The van der Waals surface area contributed by atoms with Crippen LogP contribution in [-0.4, -0.2) is 61.5 Å². The minimum absolute atomic E-state index is 0.0166. The molecule has 0 aromatic carbocycles. The van der Waals surface area contributed by atoms with Crippen LogP contribution < -0.4 is 20.7 Å². The van der Waals surface area contributed by atoms with E-state index in [9.17, 15) is 19.5 Å². The molecule has 1 fully saturated rings. The molecular formula is C21H23N7O5S3. The Balaban J connectivity index is 1.35. The third-order valence-electron chi connectivity index (χ3n) is 6.10. The van der Waals surface area contributed by atoms with Crippen LogP contribution in [0.2, 0.25) is 0 Å². The number of nitrogens with two attached hydrogens (primary N) is 1. The first-order chi connectivity index (χ1) is 17.4. The smallest absolute Gasteiger partial charge is 0.278 e. The Bertz CT molecular complexity index is 1290. The van der Waals surface area contributed by atoms with Gasteiger partial charge in [0.2, 0.25) is 17.0 Å². The molecule has 2 atom stereocenters. The summed E-state index contributed by atoms with van der Waals surface area (Å²) in [6.45, 7) is 2.29. The SMILES string of the molecule is CCO/N=C(\C(=O)N[C@@H]1C(=O)N2C(C(=O)[O-])=C(C[n+]3csc4c3CCCC4)CS[C@H]12)c1nsc(N)n1. The Morgan fingerprint density at radius 3 is 2.92 bits per heavy atom. The summed E-state index contributed by atoms with van der Waals surface area (Å²) in [4.78, 5) is 49.7. The molecule has 5 rings (SSSR count). The summed E-state index contributed by atoms with van der Waals surface area (Å²) >= 11 is 3.98. The Hall–Kier alpha value is -3.04. The molecule has 0 unspecified atom stereocenters. The Labute approximate surface area is 218 Å². The highest BCUT2D eigenvalue weighted by molar-refractivity contribution is 8.00. The number of oxime groups is 1. The van der Waals surface area contributed by atoms with Crippen LogP contribution in [-0.2, 0) is 38.6 Å². The molecule has 0 bridgehead atoms. The molecule has 190 valence electrons. The number of carboxylic acids is 1. The maximum absolute atomic E-state index is 13.1. The number of carbonyl (C=O) groups is 3. The molecule has 4 heterocycles. The number of nitrogens with one attached hydrogen (secondary N) is 1. The highest BCUT2D eigenvalue weighted by Crippen LogP contribution is 2.40. The third kappa shape index (κ3) is 4.46. The maximum atomic E-state index is 13.1. The van der Waals surface area contributed by atoms with E-state index in [1.54, 1.807) is 18.3 Å². The van der Waals surface area contributed by atoms with E-state index >= 15 is 0 Å². The van der Waals surface area contributed by atoms with Crippen LogP contribution in [0.15, 0.2) is 21.9 Å². The van der Waals surface area contributed by atoms with Gasteiger partial charge in [0.05, 0.1) is 16.5 Å². The van der Waals surface area contributed by atoms with Crippen molar-refractivity contribution in [3.8, 4) is 0 Å². The first kappa shape index (κ1) is 24.6. The lowest BCUT2D eigenvalue weighted by atomic mass is 10.0. The quantitative estimate of drug-likeness (QED) is 0.185. The number of fused-ring (bicyclic) bond motifs is 2. The summed E-state index contributed by atoms with van der Waals surface area (Å²) in [5, 5.41) is 18.1. The minimum Gasteiger partial charge on any atom is -0.543 e. The number of hydrogen-bond donors (Lipinski definition) is 2. The molecule has 2 aromatic heterocycles. The highest BCUT2D eigenvalue weighted by atomic mass is 32.2. The van der Waals surface area contributed by atoms with E-state index in [1.807, 2.05) is 5.51 Å². The molecule has 2 amide bonds. The topological polar surface area (TPSA) is 167 Å². The number of nitrogens with zero attached hydrogens (tertiary/aromatic N) is 5. The van der Waals surface area contributed by atoms with E-state index < -0.39 is 29.2 Å². The fourth-order valence-corrected chi connectivity index (χ4v) is 7.31. The number of carboxylic acid groups (broad SMARTS) is 1. The van der Waals surface area contributed by atoms with Crippen molar-refractivity contribution in [3.05, 3.63) is 33.2 Å². The number of aryl methyl sites for hydroxylation is 1. The molecule has 15 heteroatoms. The van der Waals surface area contributed by atoms with Crippen LogP contribution in [0, 0.1) is 0 Å². The van der Waals surface area contributed by atoms with Gasteiger partial charge in [0.15, 0.2) is 17.4 Å². The zero-order valence-corrected chi connectivity index (χ0v) is 21.7. The second-order valence-electron chi connectivity index (χ2n) is 8.34. The first-order valence-electron chi connectivity index (χ1n) is 11.4. The lowest BCUT2D eigenvalue weighted by molar-refractivity contribution is -0.692. The van der Waals surface area contributed by atoms with Crippen LogP contribution in [0.5, 0.6) is 0 Å². The van der Waals surface area contributed by atoms with Crippen molar-refractivity contribution in [1.82, 2.24) is 19.6 Å². The van der Waals surface area contributed by atoms with Gasteiger partial charge in [0.1, 0.15) is 18.0 Å². The number of thiazole rings is 1. The van der Waals surface area contributed by atoms with Gasteiger partial charge in [-0.2, -0.15) is 13.9 Å². The summed E-state index contributed by atoms with van der Waals surface area (Å²) in [6.07, 6.45) is 4.27. The minimum atomic E-state index is -1.40. The van der Waals surface area contributed by atoms with Crippen LogP contribution in [0.1, 0.15) is 36.2 Å². The second-order valence-corrected chi connectivity index (χ2v) is 11.2. The average Bonchev–Trinajstić information content (AvgIpc) is 3.48. The number of aromatic nitrogens is 3. The summed E-state index contributed by atoms with van der Waals surface area (Å²) in [7, 11) is 0. The van der Waals surface area contributed by atoms with Crippen molar-refractivity contribution in [1.29, 1.82) is 0 Å². The molecule has 0 saturated carbocycles. The van der Waals surface area contributed by atoms with Crippen LogP contribution in [0.3, 0.4) is 0 Å². The van der Waals surface area contributed by atoms with Gasteiger partial charge in [0.25, 0.3) is 11.8 Å². The molecule has 3 N–H and O–H groups in total. The molecule has 0 radical (unpaired) electrons. The average molecular weight is 550 g/mol. The fourth-order valence-electron chi connectivity index (χ4n) is 4.47. The Kier molecular flexibility index (Phi) is 6.94. The van der Waals surface area contributed by atoms with Crippen molar-refractivity contribution < 1.29 is 28.9 Å². The molecule has 1 aliphatic carbocycles. The van der Waals surface area contributed by atoms with E-state index in [0.717, 1.165) is 37.2 Å². The van der Waals surface area contributed by atoms with E-state index in [-0.39, 0.29) is 29.0 Å². The van der Waals surface area contributed by atoms with Crippen molar-refractivity contribution in [3.63, 3.8) is 0 Å². The maximum Gasteiger partial charge on any atom is 0.278 e. The van der Waals surface area contributed by atoms with Gasteiger partial charge in [-0.05, 0) is 26.2 Å². The Morgan fingerprint density at radius 1 is 1.39 bits per heavy atom. The summed E-state index contributed by atoms with van der Waals surface area (Å²) in [5.41, 5.74) is 9.16. The van der Waals surface area contributed by atoms with Crippen molar-refractivity contribution >= 4 is 63.3 Å². The van der Waals surface area contributed by atoms with E-state index in [2.05, 4.69) is 24.4 Å². The molecular weight excluding hydrogens is 526 g/mol. The number of β-lactam (4-membered cyclic amide) rings is 1. The third-order valence-corrected chi connectivity index (χ3v) is 9.07. The van der Waals surface area contributed by atoms with Gasteiger partial charge in [0, 0.05) is 29.3 Å². The molecule has 36 heavy (non-hydrogen) atoms. The van der Waals surface area contributed by atoms with Gasteiger partial charge < -0.3 is 25.8 Å². The standard InChI is InChI=1S/C21H23N7O5S3/c1-2-33-25-13(16-24-21(22)36-26-16)17(29)23-14-18(30)28-15(20(31)32)10(8-34-19(14)28)7-27-9-35-12-6-4-3-5-11(12)27/h9,14,19H,2-8H2,1H3,(H3-,22,23,24,26,29,31,32)/b25-13-/t14-,19-/m1/s1. The molecule has 0 spiro atoms. The number of carbonyl (C=O) groups excluding carboxylic acids is 3. The Morgan fingerprint density at radius 2 is 2.19 bits per heavy atom. The van der Waals surface area contributed by atoms with Gasteiger partial charge in [-0.3, -0.25) is 14.5 Å². The van der Waals surface area contributed by atoms with Gasteiger partial charge >= 0.3 is 0 Å². The number of hydrogen-bond acceptors (Lipinski definition) is 12. The van der Waals surface area contributed by atoms with Gasteiger partial charge in [-0.25, -0.2) is 0 Å². The number of thioether (sulfide) groups is 1. The summed E-state index contributed by atoms with van der Waals surface area (Å²) in [5.74, 6) is -2.27. The predicted molar refractivity (Wildman–Crippen MR) is 131 cm³/mol.